The Morgan fingerprint density at radius 2 is 2.22 bits per heavy atom. The molecule has 1 unspecified atom stereocenters. The molecule has 1 aliphatic rings. The summed E-state index contributed by atoms with van der Waals surface area (Å²) >= 11 is 0. The topological polar surface area (TPSA) is 72.9 Å². The molecule has 0 saturated carbocycles. The van der Waals surface area contributed by atoms with Crippen molar-refractivity contribution in [3.8, 4) is 0 Å². The van der Waals surface area contributed by atoms with Crippen LogP contribution in [0.5, 0.6) is 0 Å². The van der Waals surface area contributed by atoms with Crippen LogP contribution in [0, 0.1) is 0 Å². The highest BCUT2D eigenvalue weighted by Gasteiger charge is 2.25. The number of likely N-dealkylation sites (N-methyl/N-ethyl adjacent to an activating group) is 1. The van der Waals surface area contributed by atoms with E-state index in [0.29, 0.717) is 19.5 Å². The van der Waals surface area contributed by atoms with E-state index in [1.807, 2.05) is 19.0 Å². The summed E-state index contributed by atoms with van der Waals surface area (Å²) < 4.78 is 0. The Labute approximate surface area is 108 Å². The first-order valence-electron chi connectivity index (χ1n) is 6.22. The number of amides is 2. The lowest BCUT2D eigenvalue weighted by Gasteiger charge is -2.27. The molecule has 2 N–H and O–H groups in total. The highest BCUT2D eigenvalue weighted by molar-refractivity contribution is 5.85. The Kier molecular flexibility index (Phi) is 5.10. The molecule has 18 heavy (non-hydrogen) atoms. The number of carbonyl (C=O) groups excluding carboxylic acids is 2. The third kappa shape index (κ3) is 5.01. The lowest BCUT2D eigenvalue weighted by molar-refractivity contribution is -0.133. The molecule has 6 heteroatoms. The van der Waals surface area contributed by atoms with Crippen LogP contribution in [-0.4, -0.2) is 72.6 Å². The molecule has 0 aromatic carbocycles. The molecular weight excluding hydrogens is 234 g/mol. The zero-order valence-electron chi connectivity index (χ0n) is 11.4. The van der Waals surface area contributed by atoms with Gasteiger partial charge >= 0.3 is 0 Å². The van der Waals surface area contributed by atoms with Crippen LogP contribution in [0.3, 0.4) is 0 Å². The second-order valence-electron chi connectivity index (χ2n) is 5.43. The molecule has 1 saturated heterocycles. The van der Waals surface area contributed by atoms with Gasteiger partial charge in [-0.05, 0) is 27.4 Å². The van der Waals surface area contributed by atoms with Gasteiger partial charge in [0.2, 0.25) is 11.8 Å². The molecule has 0 radical (unpaired) electrons. The average Bonchev–Trinajstić information content (AvgIpc) is 2.60. The molecular formula is C12H23N3O3. The Morgan fingerprint density at radius 1 is 1.56 bits per heavy atom. The minimum absolute atomic E-state index is 0.0326. The Balaban J connectivity index is 2.30. The van der Waals surface area contributed by atoms with Crippen molar-refractivity contribution >= 4 is 11.8 Å². The summed E-state index contributed by atoms with van der Waals surface area (Å²) in [4.78, 5) is 26.4. The minimum Gasteiger partial charge on any atom is -0.387 e. The number of carbonyl (C=O) groups is 2. The van der Waals surface area contributed by atoms with Gasteiger partial charge in [0.1, 0.15) is 0 Å². The molecule has 104 valence electrons. The van der Waals surface area contributed by atoms with Crippen molar-refractivity contribution in [3.63, 3.8) is 0 Å². The van der Waals surface area contributed by atoms with Gasteiger partial charge in [-0.3, -0.25) is 9.59 Å². The lowest BCUT2D eigenvalue weighted by Crippen LogP contribution is -2.49. The number of nitrogens with one attached hydrogen (secondary N) is 1. The Morgan fingerprint density at radius 3 is 2.72 bits per heavy atom. The first-order chi connectivity index (χ1) is 8.30. The van der Waals surface area contributed by atoms with E-state index in [4.69, 9.17) is 0 Å². The fraction of sp³-hybridized carbons (Fsp3) is 0.833. The van der Waals surface area contributed by atoms with Crippen molar-refractivity contribution in [2.24, 2.45) is 0 Å². The maximum absolute atomic E-state index is 11.6. The molecule has 2 amide bonds. The number of rotatable bonds is 6. The quantitative estimate of drug-likeness (QED) is 0.643. The van der Waals surface area contributed by atoms with E-state index in [1.54, 1.807) is 11.8 Å². The fourth-order valence-corrected chi connectivity index (χ4v) is 2.13. The second-order valence-corrected chi connectivity index (χ2v) is 5.43. The Bertz CT molecular complexity index is 316. The fourth-order valence-electron chi connectivity index (χ4n) is 2.13. The van der Waals surface area contributed by atoms with Crippen LogP contribution in [0.25, 0.3) is 0 Å². The van der Waals surface area contributed by atoms with Gasteiger partial charge in [0, 0.05) is 26.1 Å². The van der Waals surface area contributed by atoms with Crippen LogP contribution in [0.1, 0.15) is 19.8 Å². The molecule has 0 aromatic rings. The SMILES string of the molecule is CN(C)CC(C)(O)CNC(=O)CN1CCCC1=O. The first kappa shape index (κ1) is 14.9. The van der Waals surface area contributed by atoms with Gasteiger partial charge in [-0.2, -0.15) is 0 Å². The van der Waals surface area contributed by atoms with Crippen LogP contribution >= 0.6 is 0 Å². The van der Waals surface area contributed by atoms with Crippen molar-refractivity contribution < 1.29 is 14.7 Å². The summed E-state index contributed by atoms with van der Waals surface area (Å²) in [6, 6.07) is 0. The predicted molar refractivity (Wildman–Crippen MR) is 68.0 cm³/mol. The van der Waals surface area contributed by atoms with Gasteiger partial charge in [-0.1, -0.05) is 0 Å². The largest absolute Gasteiger partial charge is 0.387 e. The van der Waals surface area contributed by atoms with Crippen molar-refractivity contribution in [2.75, 3.05) is 40.3 Å². The summed E-state index contributed by atoms with van der Waals surface area (Å²) in [6.07, 6.45) is 1.36. The summed E-state index contributed by atoms with van der Waals surface area (Å²) in [5.41, 5.74) is -0.964. The zero-order valence-corrected chi connectivity index (χ0v) is 11.4. The molecule has 1 atom stereocenters. The van der Waals surface area contributed by atoms with Crippen molar-refractivity contribution in [1.29, 1.82) is 0 Å². The maximum Gasteiger partial charge on any atom is 0.239 e. The highest BCUT2D eigenvalue weighted by atomic mass is 16.3. The predicted octanol–water partition coefficient (Wildman–Crippen LogP) is -0.962. The summed E-state index contributed by atoms with van der Waals surface area (Å²) in [5.74, 6) is -0.186. The van der Waals surface area contributed by atoms with Crippen LogP contribution in [0.4, 0.5) is 0 Å². The van der Waals surface area contributed by atoms with Gasteiger partial charge in [0.15, 0.2) is 0 Å². The molecule has 0 aromatic heterocycles. The summed E-state index contributed by atoms with van der Waals surface area (Å²) in [7, 11) is 3.72. The third-order valence-corrected chi connectivity index (χ3v) is 2.83. The minimum atomic E-state index is -0.964. The average molecular weight is 257 g/mol. The monoisotopic (exact) mass is 257 g/mol. The van der Waals surface area contributed by atoms with E-state index < -0.39 is 5.60 Å². The second kappa shape index (κ2) is 6.15. The molecule has 0 bridgehead atoms. The van der Waals surface area contributed by atoms with Crippen LogP contribution in [-0.2, 0) is 9.59 Å². The van der Waals surface area contributed by atoms with Crippen molar-refractivity contribution in [3.05, 3.63) is 0 Å². The lowest BCUT2D eigenvalue weighted by atomic mass is 10.1. The number of aliphatic hydroxyl groups is 1. The van der Waals surface area contributed by atoms with Crippen LogP contribution in [0.2, 0.25) is 0 Å². The highest BCUT2D eigenvalue weighted by Crippen LogP contribution is 2.08. The molecule has 6 nitrogen and oxygen atoms in total. The van der Waals surface area contributed by atoms with Gasteiger partial charge in [-0.15, -0.1) is 0 Å². The number of nitrogens with zero attached hydrogens (tertiary/aromatic N) is 2. The van der Waals surface area contributed by atoms with E-state index in [-0.39, 0.29) is 24.9 Å². The number of hydrogen-bond acceptors (Lipinski definition) is 4. The standard InChI is InChI=1S/C12H23N3O3/c1-12(18,9-14(2)3)8-13-10(16)7-15-6-4-5-11(15)17/h18H,4-9H2,1-3H3,(H,13,16). The summed E-state index contributed by atoms with van der Waals surface area (Å²) in [6.45, 7) is 3.08. The van der Waals surface area contributed by atoms with E-state index in [0.717, 1.165) is 6.42 Å². The smallest absolute Gasteiger partial charge is 0.239 e. The van der Waals surface area contributed by atoms with Gasteiger partial charge < -0.3 is 20.2 Å². The molecule has 1 fully saturated rings. The van der Waals surface area contributed by atoms with E-state index in [9.17, 15) is 14.7 Å². The summed E-state index contributed by atoms with van der Waals surface area (Å²) in [5, 5.41) is 12.7. The normalized spacial score (nSPS) is 19.2. The molecule has 1 heterocycles. The Hall–Kier alpha value is -1.14. The van der Waals surface area contributed by atoms with E-state index in [2.05, 4.69) is 5.32 Å². The van der Waals surface area contributed by atoms with Gasteiger partial charge in [0.05, 0.1) is 12.1 Å². The molecule has 1 rings (SSSR count). The van der Waals surface area contributed by atoms with Crippen molar-refractivity contribution in [1.82, 2.24) is 15.1 Å². The maximum atomic E-state index is 11.6. The van der Waals surface area contributed by atoms with E-state index in [1.165, 1.54) is 0 Å². The zero-order chi connectivity index (χ0) is 13.8. The van der Waals surface area contributed by atoms with Crippen LogP contribution < -0.4 is 5.32 Å². The van der Waals surface area contributed by atoms with Gasteiger partial charge in [0.25, 0.3) is 0 Å². The first-order valence-corrected chi connectivity index (χ1v) is 6.22. The van der Waals surface area contributed by atoms with Gasteiger partial charge in [-0.25, -0.2) is 0 Å². The number of likely N-dealkylation sites (tertiary alicyclic amines) is 1. The number of hydrogen-bond donors (Lipinski definition) is 2. The molecule has 1 aliphatic heterocycles. The van der Waals surface area contributed by atoms with Crippen molar-refractivity contribution in [2.45, 2.75) is 25.4 Å². The molecule has 0 spiro atoms. The third-order valence-electron chi connectivity index (χ3n) is 2.83. The van der Waals surface area contributed by atoms with E-state index >= 15 is 0 Å². The van der Waals surface area contributed by atoms with Crippen LogP contribution in [0.15, 0.2) is 0 Å². The molecule has 0 aliphatic carbocycles.